The Kier molecular flexibility index (Phi) is 3.47. The lowest BCUT2D eigenvalue weighted by Gasteiger charge is -2.26. The van der Waals surface area contributed by atoms with Gasteiger partial charge in [-0.1, -0.05) is 44.4 Å². The molecule has 1 aliphatic rings. The number of unbranched alkanes of at least 4 members (excludes halogenated alkanes) is 1. The molecule has 0 radical (unpaired) electrons. The van der Waals surface area contributed by atoms with Crippen molar-refractivity contribution in [1.82, 2.24) is 0 Å². The molecule has 0 saturated carbocycles. The van der Waals surface area contributed by atoms with E-state index in [2.05, 4.69) is 45.1 Å². The highest BCUT2D eigenvalue weighted by molar-refractivity contribution is 6.07. The van der Waals surface area contributed by atoms with Crippen molar-refractivity contribution in [2.24, 2.45) is 0 Å². The Morgan fingerprint density at radius 2 is 1.94 bits per heavy atom. The second-order valence-corrected chi connectivity index (χ2v) is 5.50. The largest absolute Gasteiger partial charge is 0.325 e. The highest BCUT2D eigenvalue weighted by Gasteiger charge is 2.45. The van der Waals surface area contributed by atoms with Gasteiger partial charge in [0.2, 0.25) is 5.91 Å². The minimum absolute atomic E-state index is 0.196. The third-order valence-corrected chi connectivity index (χ3v) is 4.23. The summed E-state index contributed by atoms with van der Waals surface area (Å²) in [5.41, 5.74) is 4.43. The maximum absolute atomic E-state index is 12.4. The molecule has 0 bridgehead atoms. The van der Waals surface area contributed by atoms with Crippen molar-refractivity contribution in [3.05, 3.63) is 28.8 Å². The summed E-state index contributed by atoms with van der Waals surface area (Å²) in [5.74, 6) is 0.196. The van der Waals surface area contributed by atoms with E-state index in [1.54, 1.807) is 0 Å². The Bertz CT molecular complexity index is 478. The predicted octanol–water partition coefficient (Wildman–Crippen LogP) is 4.09. The van der Waals surface area contributed by atoms with E-state index < -0.39 is 0 Å². The van der Waals surface area contributed by atoms with Crippen LogP contribution < -0.4 is 5.32 Å². The number of amides is 1. The smallest absolute Gasteiger partial charge is 0.235 e. The quantitative estimate of drug-likeness (QED) is 0.850. The topological polar surface area (TPSA) is 29.1 Å². The van der Waals surface area contributed by atoms with Crippen LogP contribution in [0.15, 0.2) is 12.1 Å². The van der Waals surface area contributed by atoms with E-state index in [-0.39, 0.29) is 11.3 Å². The lowest BCUT2D eigenvalue weighted by molar-refractivity contribution is -0.121. The Morgan fingerprint density at radius 3 is 2.56 bits per heavy atom. The van der Waals surface area contributed by atoms with Crippen LogP contribution in [0.25, 0.3) is 0 Å². The van der Waals surface area contributed by atoms with Crippen LogP contribution in [0.3, 0.4) is 0 Å². The number of carbonyl (C=O) groups is 1. The molecule has 1 unspecified atom stereocenters. The molecule has 1 amide bonds. The average molecular weight is 245 g/mol. The lowest BCUT2D eigenvalue weighted by Crippen LogP contribution is -2.33. The van der Waals surface area contributed by atoms with Gasteiger partial charge in [-0.2, -0.15) is 0 Å². The number of aryl methyl sites for hydroxylation is 2. The summed E-state index contributed by atoms with van der Waals surface area (Å²) in [6.45, 7) is 8.49. The zero-order valence-electron chi connectivity index (χ0n) is 11.9. The number of anilines is 1. The van der Waals surface area contributed by atoms with Crippen LogP contribution >= 0.6 is 0 Å². The van der Waals surface area contributed by atoms with Crippen LogP contribution in [-0.4, -0.2) is 5.91 Å². The minimum atomic E-state index is -0.290. The van der Waals surface area contributed by atoms with E-state index in [1.165, 1.54) is 16.7 Å². The van der Waals surface area contributed by atoms with Crippen molar-refractivity contribution >= 4 is 11.6 Å². The second-order valence-electron chi connectivity index (χ2n) is 5.50. The standard InChI is InChI=1S/C16H23NO/c1-5-7-8-16(6-2)13-10-11(3)9-12(4)14(13)17-15(16)18/h9-10H,5-8H2,1-4H3,(H,17,18). The fourth-order valence-electron chi connectivity index (χ4n) is 3.12. The molecule has 0 saturated heterocycles. The van der Waals surface area contributed by atoms with E-state index in [4.69, 9.17) is 0 Å². The summed E-state index contributed by atoms with van der Waals surface area (Å²) in [7, 11) is 0. The van der Waals surface area contributed by atoms with E-state index in [0.29, 0.717) is 0 Å². The van der Waals surface area contributed by atoms with Crippen LogP contribution in [-0.2, 0) is 10.2 Å². The molecule has 1 atom stereocenters. The van der Waals surface area contributed by atoms with Crippen molar-refractivity contribution < 1.29 is 4.79 Å². The number of rotatable bonds is 4. The highest BCUT2D eigenvalue weighted by atomic mass is 16.2. The molecule has 1 heterocycles. The Hall–Kier alpha value is -1.31. The zero-order chi connectivity index (χ0) is 13.3. The van der Waals surface area contributed by atoms with Crippen LogP contribution in [0.4, 0.5) is 5.69 Å². The molecule has 18 heavy (non-hydrogen) atoms. The van der Waals surface area contributed by atoms with Gasteiger partial charge >= 0.3 is 0 Å². The van der Waals surface area contributed by atoms with Crippen LogP contribution in [0.5, 0.6) is 0 Å². The fraction of sp³-hybridized carbons (Fsp3) is 0.562. The molecule has 0 aliphatic carbocycles. The zero-order valence-corrected chi connectivity index (χ0v) is 11.9. The molecule has 1 aliphatic heterocycles. The third kappa shape index (κ3) is 1.84. The van der Waals surface area contributed by atoms with Gasteiger partial charge in [0.25, 0.3) is 0 Å². The molecule has 1 aromatic carbocycles. The molecule has 1 aromatic rings. The van der Waals surface area contributed by atoms with Gasteiger partial charge in [0.15, 0.2) is 0 Å². The van der Waals surface area contributed by atoms with Crippen molar-refractivity contribution in [3.63, 3.8) is 0 Å². The van der Waals surface area contributed by atoms with Gasteiger partial charge in [-0.3, -0.25) is 4.79 Å². The number of carbonyl (C=O) groups excluding carboxylic acids is 1. The maximum Gasteiger partial charge on any atom is 0.235 e. The SMILES string of the molecule is CCCCC1(CC)C(=O)Nc2c(C)cc(C)cc21. The molecule has 0 fully saturated rings. The first-order chi connectivity index (χ1) is 8.55. The monoisotopic (exact) mass is 245 g/mol. The summed E-state index contributed by atoms with van der Waals surface area (Å²) in [4.78, 5) is 12.4. The number of hydrogen-bond acceptors (Lipinski definition) is 1. The summed E-state index contributed by atoms with van der Waals surface area (Å²) in [6.07, 6.45) is 4.08. The Balaban J connectivity index is 2.54. The maximum atomic E-state index is 12.4. The van der Waals surface area contributed by atoms with Crippen molar-refractivity contribution in [2.45, 2.75) is 58.8 Å². The second kappa shape index (κ2) is 4.75. The van der Waals surface area contributed by atoms with Gasteiger partial charge in [0.05, 0.1) is 5.41 Å². The van der Waals surface area contributed by atoms with Crippen molar-refractivity contribution in [2.75, 3.05) is 5.32 Å². The highest BCUT2D eigenvalue weighted by Crippen LogP contribution is 2.45. The van der Waals surface area contributed by atoms with Crippen LogP contribution in [0.1, 0.15) is 56.2 Å². The first-order valence-corrected chi connectivity index (χ1v) is 6.98. The third-order valence-electron chi connectivity index (χ3n) is 4.23. The molecule has 2 rings (SSSR count). The van der Waals surface area contributed by atoms with Gasteiger partial charge < -0.3 is 5.32 Å². The molecular formula is C16H23NO. The van der Waals surface area contributed by atoms with Crippen molar-refractivity contribution in [3.8, 4) is 0 Å². The van der Waals surface area contributed by atoms with E-state index in [0.717, 1.165) is 31.4 Å². The molecule has 1 N–H and O–H groups in total. The summed E-state index contributed by atoms with van der Waals surface area (Å²) in [5, 5.41) is 3.10. The van der Waals surface area contributed by atoms with Gasteiger partial charge in [-0.05, 0) is 37.8 Å². The number of hydrogen-bond donors (Lipinski definition) is 1. The normalized spacial score (nSPS) is 21.9. The fourth-order valence-corrected chi connectivity index (χ4v) is 3.12. The van der Waals surface area contributed by atoms with Gasteiger partial charge in [-0.25, -0.2) is 0 Å². The molecule has 0 aromatic heterocycles. The van der Waals surface area contributed by atoms with Crippen LogP contribution in [0, 0.1) is 13.8 Å². The van der Waals surface area contributed by atoms with Crippen LogP contribution in [0.2, 0.25) is 0 Å². The number of fused-ring (bicyclic) bond motifs is 1. The van der Waals surface area contributed by atoms with E-state index >= 15 is 0 Å². The predicted molar refractivity (Wildman–Crippen MR) is 76.0 cm³/mol. The Labute approximate surface area is 110 Å². The first kappa shape index (κ1) is 13.1. The number of benzene rings is 1. The van der Waals surface area contributed by atoms with Crippen molar-refractivity contribution in [1.29, 1.82) is 0 Å². The molecule has 98 valence electrons. The number of nitrogens with one attached hydrogen (secondary N) is 1. The van der Waals surface area contributed by atoms with E-state index in [1.807, 2.05) is 0 Å². The first-order valence-electron chi connectivity index (χ1n) is 6.98. The lowest BCUT2D eigenvalue weighted by atomic mass is 9.74. The van der Waals surface area contributed by atoms with E-state index in [9.17, 15) is 4.79 Å². The summed E-state index contributed by atoms with van der Waals surface area (Å²) in [6, 6.07) is 4.34. The molecule has 2 heteroatoms. The Morgan fingerprint density at radius 1 is 1.22 bits per heavy atom. The average Bonchev–Trinajstić information content (AvgIpc) is 2.61. The summed E-state index contributed by atoms with van der Waals surface area (Å²) >= 11 is 0. The molecular weight excluding hydrogens is 222 g/mol. The van der Waals surface area contributed by atoms with Gasteiger partial charge in [-0.15, -0.1) is 0 Å². The van der Waals surface area contributed by atoms with Gasteiger partial charge in [0.1, 0.15) is 0 Å². The molecule has 0 spiro atoms. The minimum Gasteiger partial charge on any atom is -0.325 e. The van der Waals surface area contributed by atoms with Gasteiger partial charge in [0, 0.05) is 5.69 Å². The molecule has 2 nitrogen and oxygen atoms in total. The summed E-state index contributed by atoms with van der Waals surface area (Å²) < 4.78 is 0.